The van der Waals surface area contributed by atoms with Gasteiger partial charge in [-0.3, -0.25) is 9.59 Å². The molecule has 1 fully saturated rings. The Morgan fingerprint density at radius 2 is 1.58 bits per heavy atom. The number of ether oxygens (including phenoxy) is 2. The van der Waals surface area contributed by atoms with E-state index in [1.54, 1.807) is 12.1 Å². The maximum absolute atomic E-state index is 14.4. The molecule has 0 unspecified atom stereocenters. The van der Waals surface area contributed by atoms with Crippen molar-refractivity contribution >= 4 is 40.5 Å². The number of Topliss-reactive ketones (excluding diaryl/α,β-unsaturated/α-hetero) is 1. The van der Waals surface area contributed by atoms with Gasteiger partial charge in [0.15, 0.2) is 11.5 Å². The van der Waals surface area contributed by atoms with Gasteiger partial charge in [-0.05, 0) is 79.3 Å². The molecule has 0 atom stereocenters. The van der Waals surface area contributed by atoms with Gasteiger partial charge in [-0.25, -0.2) is 0 Å². The van der Waals surface area contributed by atoms with Crippen molar-refractivity contribution in [2.75, 3.05) is 0 Å². The smallest absolute Gasteiger partial charge is 0.307 e. The minimum Gasteiger partial charge on any atom is -0.427 e. The average molecular weight is 530 g/mol. The average Bonchev–Trinajstić information content (AvgIpc) is 3.70. The molecule has 36 heavy (non-hydrogen) atoms. The first-order valence-electron chi connectivity index (χ1n) is 12.9. The van der Waals surface area contributed by atoms with Gasteiger partial charge in [-0.1, -0.05) is 69.1 Å². The van der Waals surface area contributed by atoms with Gasteiger partial charge in [0.1, 0.15) is 11.2 Å². The second-order valence-electron chi connectivity index (χ2n) is 9.83. The Kier molecular flexibility index (Phi) is 7.71. The highest BCUT2D eigenvalue weighted by molar-refractivity contribution is 6.36. The van der Waals surface area contributed by atoms with Crippen LogP contribution in [0.5, 0.6) is 0 Å². The Balaban J connectivity index is 2.06. The molecule has 0 N–H and O–H groups in total. The van der Waals surface area contributed by atoms with E-state index in [1.807, 2.05) is 45.9 Å². The topological polar surface area (TPSA) is 52.6 Å². The van der Waals surface area contributed by atoms with E-state index in [2.05, 4.69) is 6.07 Å². The zero-order valence-corrected chi connectivity index (χ0v) is 23.2. The van der Waals surface area contributed by atoms with E-state index in [4.69, 9.17) is 32.7 Å². The van der Waals surface area contributed by atoms with E-state index in [9.17, 15) is 9.59 Å². The first kappa shape index (κ1) is 26.9. The van der Waals surface area contributed by atoms with Crippen molar-refractivity contribution in [2.24, 2.45) is 0 Å². The number of benzene rings is 2. The predicted molar refractivity (Wildman–Crippen MR) is 145 cm³/mol. The van der Waals surface area contributed by atoms with Crippen molar-refractivity contribution in [3.63, 3.8) is 0 Å². The van der Waals surface area contributed by atoms with Crippen LogP contribution in [0.2, 0.25) is 10.0 Å². The third kappa shape index (κ3) is 4.64. The summed E-state index contributed by atoms with van der Waals surface area (Å²) in [5.74, 6) is 0.119. The second kappa shape index (κ2) is 10.3. The van der Waals surface area contributed by atoms with Crippen LogP contribution in [0.4, 0.5) is 0 Å². The lowest BCUT2D eigenvalue weighted by atomic mass is 9.74. The van der Waals surface area contributed by atoms with E-state index < -0.39 is 17.2 Å². The van der Waals surface area contributed by atoms with Crippen LogP contribution in [0.3, 0.4) is 0 Å². The number of carbonyl (C=O) groups is 2. The maximum Gasteiger partial charge on any atom is 0.307 e. The lowest BCUT2D eigenvalue weighted by Crippen LogP contribution is -2.55. The van der Waals surface area contributed by atoms with E-state index in [0.717, 1.165) is 35.1 Å². The van der Waals surface area contributed by atoms with Gasteiger partial charge in [-0.15, -0.1) is 0 Å². The van der Waals surface area contributed by atoms with Crippen molar-refractivity contribution in [1.82, 2.24) is 0 Å². The molecule has 1 saturated carbocycles. The van der Waals surface area contributed by atoms with Crippen LogP contribution in [0.1, 0.15) is 90.2 Å². The summed E-state index contributed by atoms with van der Waals surface area (Å²) in [5.41, 5.74) is 2.22. The molecule has 4 rings (SSSR count). The Bertz CT molecular complexity index is 1220. The number of rotatable bonds is 8. The lowest BCUT2D eigenvalue weighted by molar-refractivity contribution is -0.183. The van der Waals surface area contributed by atoms with Crippen LogP contribution in [0.25, 0.3) is 16.7 Å². The van der Waals surface area contributed by atoms with Crippen LogP contribution in [-0.4, -0.2) is 23.0 Å². The normalized spacial score (nSPS) is 18.9. The van der Waals surface area contributed by atoms with Crippen molar-refractivity contribution in [3.05, 3.63) is 63.3 Å². The van der Waals surface area contributed by atoms with E-state index in [1.165, 1.54) is 6.92 Å². The zero-order valence-electron chi connectivity index (χ0n) is 21.7. The van der Waals surface area contributed by atoms with Gasteiger partial charge >= 0.3 is 5.97 Å². The third-order valence-corrected chi connectivity index (χ3v) is 8.33. The Labute approximate surface area is 224 Å². The standard InChI is InChI=1S/C30H34Cl2O4/c1-6-29(7-2)27(34)26(28(35-18(5)33)30(8-3,9-4)36-29)24-16-20(12-14-22(24)19-10-11-19)23-15-13-21(31)17-25(23)32/h12-17,19H,6-11H2,1-5H3. The number of esters is 1. The molecule has 0 amide bonds. The Hall–Kier alpha value is -2.14. The highest BCUT2D eigenvalue weighted by atomic mass is 35.5. The summed E-state index contributed by atoms with van der Waals surface area (Å²) < 4.78 is 12.6. The molecule has 0 aromatic heterocycles. The summed E-state index contributed by atoms with van der Waals surface area (Å²) in [4.78, 5) is 26.7. The van der Waals surface area contributed by atoms with Crippen molar-refractivity contribution in [1.29, 1.82) is 0 Å². The zero-order chi connectivity index (χ0) is 26.3. The number of ketones is 1. The molecular formula is C30H34Cl2O4. The molecule has 2 aliphatic rings. The molecule has 1 aliphatic carbocycles. The molecular weight excluding hydrogens is 495 g/mol. The van der Waals surface area contributed by atoms with Crippen LogP contribution in [0.15, 0.2) is 42.2 Å². The minimum absolute atomic E-state index is 0.123. The highest BCUT2D eigenvalue weighted by Crippen LogP contribution is 2.51. The van der Waals surface area contributed by atoms with E-state index in [0.29, 0.717) is 53.0 Å². The monoisotopic (exact) mass is 528 g/mol. The van der Waals surface area contributed by atoms with Gasteiger partial charge in [0, 0.05) is 22.5 Å². The number of halogens is 2. The van der Waals surface area contributed by atoms with E-state index >= 15 is 0 Å². The summed E-state index contributed by atoms with van der Waals surface area (Å²) in [7, 11) is 0. The molecule has 0 bridgehead atoms. The molecule has 192 valence electrons. The molecule has 0 radical (unpaired) electrons. The Morgan fingerprint density at radius 1 is 0.944 bits per heavy atom. The van der Waals surface area contributed by atoms with Gasteiger partial charge in [0.25, 0.3) is 0 Å². The largest absolute Gasteiger partial charge is 0.427 e. The number of carbonyl (C=O) groups excluding carboxylic acids is 2. The number of hydrogen-bond acceptors (Lipinski definition) is 4. The summed E-state index contributed by atoms with van der Waals surface area (Å²) >= 11 is 12.7. The summed E-state index contributed by atoms with van der Waals surface area (Å²) in [6.45, 7) is 9.37. The lowest BCUT2D eigenvalue weighted by Gasteiger charge is -2.47. The van der Waals surface area contributed by atoms with Crippen molar-refractivity contribution < 1.29 is 19.1 Å². The van der Waals surface area contributed by atoms with Gasteiger partial charge in [0.05, 0.1) is 5.57 Å². The Morgan fingerprint density at radius 3 is 2.11 bits per heavy atom. The molecule has 2 aromatic rings. The second-order valence-corrected chi connectivity index (χ2v) is 10.7. The van der Waals surface area contributed by atoms with Crippen LogP contribution in [0, 0.1) is 0 Å². The highest BCUT2D eigenvalue weighted by Gasteiger charge is 2.54. The quantitative estimate of drug-likeness (QED) is 0.322. The molecule has 6 heteroatoms. The van der Waals surface area contributed by atoms with Gasteiger partial charge in [0.2, 0.25) is 0 Å². The fourth-order valence-electron chi connectivity index (χ4n) is 5.40. The molecule has 4 nitrogen and oxygen atoms in total. The van der Waals surface area contributed by atoms with Gasteiger partial charge < -0.3 is 9.47 Å². The van der Waals surface area contributed by atoms with Gasteiger partial charge in [-0.2, -0.15) is 0 Å². The van der Waals surface area contributed by atoms with E-state index in [-0.39, 0.29) is 5.78 Å². The molecule has 2 aromatic carbocycles. The SMILES string of the molecule is CCC1(CC)OC(CC)(CC)C(OC(C)=O)=C(c2cc(-c3ccc(Cl)cc3Cl)ccc2C2CC2)C1=O. The van der Waals surface area contributed by atoms with Crippen LogP contribution < -0.4 is 0 Å². The van der Waals surface area contributed by atoms with Crippen molar-refractivity contribution in [2.45, 2.75) is 90.3 Å². The maximum atomic E-state index is 14.4. The minimum atomic E-state index is -0.986. The van der Waals surface area contributed by atoms with Crippen LogP contribution >= 0.6 is 23.2 Å². The summed E-state index contributed by atoms with van der Waals surface area (Å²) in [6, 6.07) is 11.6. The fraction of sp³-hybridized carbons (Fsp3) is 0.467. The van der Waals surface area contributed by atoms with Crippen molar-refractivity contribution in [3.8, 4) is 11.1 Å². The molecule has 1 heterocycles. The fourth-order valence-corrected chi connectivity index (χ4v) is 5.92. The molecule has 1 aliphatic heterocycles. The molecule has 0 saturated heterocycles. The number of hydrogen-bond donors (Lipinski definition) is 0. The van der Waals surface area contributed by atoms with Crippen LogP contribution in [-0.2, 0) is 19.1 Å². The predicted octanol–water partition coefficient (Wildman–Crippen LogP) is 8.53. The summed E-state index contributed by atoms with van der Waals surface area (Å²) in [6.07, 6.45) is 4.34. The first-order chi connectivity index (χ1) is 17.1. The molecule has 0 spiro atoms. The summed E-state index contributed by atoms with van der Waals surface area (Å²) in [5, 5.41) is 1.09. The third-order valence-electron chi connectivity index (χ3n) is 7.78. The first-order valence-corrected chi connectivity index (χ1v) is 13.7.